The van der Waals surface area contributed by atoms with Crippen molar-refractivity contribution >= 4 is 21.7 Å². The van der Waals surface area contributed by atoms with E-state index in [2.05, 4.69) is 0 Å². The SMILES string of the molecule is COc1ccc(N(C)S(=O)(=O)c2cccc(C(=O)OCc3ccco3)c2)cc1. The Morgan fingerprint density at radius 2 is 1.82 bits per heavy atom. The van der Waals surface area contributed by atoms with Crippen LogP contribution in [0.1, 0.15) is 16.1 Å². The van der Waals surface area contributed by atoms with Gasteiger partial charge in [0.15, 0.2) is 0 Å². The Kier molecular flexibility index (Phi) is 5.70. The number of ether oxygens (including phenoxy) is 2. The lowest BCUT2D eigenvalue weighted by Gasteiger charge is -2.20. The van der Waals surface area contributed by atoms with Gasteiger partial charge < -0.3 is 13.9 Å². The van der Waals surface area contributed by atoms with Crippen LogP contribution in [0.5, 0.6) is 5.75 Å². The van der Waals surface area contributed by atoms with Gasteiger partial charge in [0.2, 0.25) is 0 Å². The van der Waals surface area contributed by atoms with Gasteiger partial charge in [0.1, 0.15) is 18.1 Å². The standard InChI is InChI=1S/C20H19NO6S/c1-21(16-8-10-17(25-2)11-9-16)28(23,24)19-7-3-5-15(13-19)20(22)27-14-18-6-4-12-26-18/h3-13H,14H2,1-2H3. The van der Waals surface area contributed by atoms with Crippen LogP contribution < -0.4 is 9.04 Å². The molecule has 146 valence electrons. The van der Waals surface area contributed by atoms with Crippen LogP contribution in [0.25, 0.3) is 0 Å². The predicted molar refractivity (Wildman–Crippen MR) is 103 cm³/mol. The van der Waals surface area contributed by atoms with Crippen molar-refractivity contribution in [2.45, 2.75) is 11.5 Å². The first kappa shape index (κ1) is 19.5. The molecule has 0 saturated carbocycles. The zero-order valence-corrected chi connectivity index (χ0v) is 16.2. The summed E-state index contributed by atoms with van der Waals surface area (Å²) in [6, 6.07) is 15.7. The van der Waals surface area contributed by atoms with E-state index < -0.39 is 16.0 Å². The summed E-state index contributed by atoms with van der Waals surface area (Å²) in [7, 11) is -0.882. The molecule has 0 fully saturated rings. The van der Waals surface area contributed by atoms with E-state index in [0.29, 0.717) is 17.2 Å². The third-order valence-electron chi connectivity index (χ3n) is 4.09. The fourth-order valence-corrected chi connectivity index (χ4v) is 3.73. The number of nitrogens with zero attached hydrogens (tertiary/aromatic N) is 1. The zero-order chi connectivity index (χ0) is 20.1. The second kappa shape index (κ2) is 8.18. The molecule has 0 saturated heterocycles. The third-order valence-corrected chi connectivity index (χ3v) is 5.87. The summed E-state index contributed by atoms with van der Waals surface area (Å²) in [4.78, 5) is 12.2. The largest absolute Gasteiger partial charge is 0.497 e. The van der Waals surface area contributed by atoms with Crippen LogP contribution in [0.3, 0.4) is 0 Å². The lowest BCUT2D eigenvalue weighted by atomic mass is 10.2. The average molecular weight is 401 g/mol. The molecular weight excluding hydrogens is 382 g/mol. The molecule has 1 aromatic heterocycles. The molecule has 3 aromatic rings. The lowest BCUT2D eigenvalue weighted by Crippen LogP contribution is -2.26. The minimum absolute atomic E-state index is 0.0155. The van der Waals surface area contributed by atoms with Gasteiger partial charge in [0.25, 0.3) is 10.0 Å². The van der Waals surface area contributed by atoms with Crippen LogP contribution in [0, 0.1) is 0 Å². The van der Waals surface area contributed by atoms with E-state index in [0.717, 1.165) is 4.31 Å². The molecule has 0 radical (unpaired) electrons. The number of esters is 1. The normalized spacial score (nSPS) is 11.1. The molecule has 0 atom stereocenters. The summed E-state index contributed by atoms with van der Waals surface area (Å²) < 4.78 is 42.4. The smallest absolute Gasteiger partial charge is 0.338 e. The molecule has 0 N–H and O–H groups in total. The number of hydrogen-bond acceptors (Lipinski definition) is 6. The van der Waals surface area contributed by atoms with Crippen molar-refractivity contribution < 1.29 is 27.1 Å². The summed E-state index contributed by atoms with van der Waals surface area (Å²) in [5.41, 5.74) is 0.599. The monoisotopic (exact) mass is 401 g/mol. The van der Waals surface area contributed by atoms with E-state index in [1.807, 2.05) is 0 Å². The second-order valence-corrected chi connectivity index (χ2v) is 7.82. The highest BCUT2D eigenvalue weighted by Crippen LogP contribution is 2.25. The molecular formula is C20H19NO6S. The van der Waals surface area contributed by atoms with Gasteiger partial charge in [0, 0.05) is 7.05 Å². The Balaban J connectivity index is 1.79. The Bertz CT molecular complexity index is 1040. The molecule has 0 amide bonds. The molecule has 0 spiro atoms. The van der Waals surface area contributed by atoms with Crippen molar-refractivity contribution in [2.24, 2.45) is 0 Å². The maximum absolute atomic E-state index is 12.9. The molecule has 0 unspecified atom stereocenters. The van der Waals surface area contributed by atoms with Crippen LogP contribution >= 0.6 is 0 Å². The Hall–Kier alpha value is -3.26. The van der Waals surface area contributed by atoms with Crippen LogP contribution in [-0.4, -0.2) is 28.5 Å². The molecule has 8 heteroatoms. The number of methoxy groups -OCH3 is 1. The van der Waals surface area contributed by atoms with E-state index in [9.17, 15) is 13.2 Å². The van der Waals surface area contributed by atoms with E-state index in [1.54, 1.807) is 36.4 Å². The molecule has 7 nitrogen and oxygen atoms in total. The Labute approximate surface area is 163 Å². The van der Waals surface area contributed by atoms with Crippen LogP contribution in [0.4, 0.5) is 5.69 Å². The summed E-state index contributed by atoms with van der Waals surface area (Å²) in [6.45, 7) is -0.0332. The second-order valence-electron chi connectivity index (χ2n) is 5.85. The van der Waals surface area contributed by atoms with E-state index in [4.69, 9.17) is 13.9 Å². The number of anilines is 1. The highest BCUT2D eigenvalue weighted by Gasteiger charge is 2.23. The average Bonchev–Trinajstić information content (AvgIpc) is 3.25. The maximum Gasteiger partial charge on any atom is 0.338 e. The number of sulfonamides is 1. The third kappa shape index (κ3) is 4.17. The molecule has 0 bridgehead atoms. The maximum atomic E-state index is 12.9. The first-order valence-electron chi connectivity index (χ1n) is 8.34. The van der Waals surface area contributed by atoms with Crippen molar-refractivity contribution in [3.05, 3.63) is 78.3 Å². The Morgan fingerprint density at radius 3 is 2.46 bits per heavy atom. The van der Waals surface area contributed by atoms with E-state index in [-0.39, 0.29) is 17.1 Å². The minimum Gasteiger partial charge on any atom is -0.497 e. The number of rotatable bonds is 7. The van der Waals surface area contributed by atoms with Gasteiger partial charge >= 0.3 is 5.97 Å². The quantitative estimate of drug-likeness (QED) is 0.564. The summed E-state index contributed by atoms with van der Waals surface area (Å²) in [5, 5.41) is 0. The highest BCUT2D eigenvalue weighted by molar-refractivity contribution is 7.92. The fourth-order valence-electron chi connectivity index (χ4n) is 2.49. The molecule has 2 aromatic carbocycles. The molecule has 0 aliphatic carbocycles. The number of furan rings is 1. The van der Waals surface area contributed by atoms with Gasteiger partial charge in [0.05, 0.1) is 29.5 Å². The van der Waals surface area contributed by atoms with Gasteiger partial charge in [-0.05, 0) is 54.6 Å². The van der Waals surface area contributed by atoms with Crippen molar-refractivity contribution in [2.75, 3.05) is 18.5 Å². The molecule has 0 aliphatic rings. The van der Waals surface area contributed by atoms with E-state index in [1.165, 1.54) is 44.7 Å². The lowest BCUT2D eigenvalue weighted by molar-refractivity contribution is 0.0445. The topological polar surface area (TPSA) is 86.0 Å². The summed E-state index contributed by atoms with van der Waals surface area (Å²) in [5.74, 6) is 0.479. The minimum atomic E-state index is -3.86. The van der Waals surface area contributed by atoms with Gasteiger partial charge in [-0.25, -0.2) is 13.2 Å². The summed E-state index contributed by atoms with van der Waals surface area (Å²) in [6.07, 6.45) is 1.48. The van der Waals surface area contributed by atoms with Gasteiger partial charge in [-0.3, -0.25) is 4.31 Å². The number of benzene rings is 2. The van der Waals surface area contributed by atoms with Crippen LogP contribution in [-0.2, 0) is 21.4 Å². The molecule has 0 aliphatic heterocycles. The van der Waals surface area contributed by atoms with Crippen molar-refractivity contribution in [1.82, 2.24) is 0 Å². The summed E-state index contributed by atoms with van der Waals surface area (Å²) >= 11 is 0. The molecule has 28 heavy (non-hydrogen) atoms. The number of carbonyl (C=O) groups is 1. The van der Waals surface area contributed by atoms with Crippen molar-refractivity contribution in [1.29, 1.82) is 0 Å². The van der Waals surface area contributed by atoms with Crippen LogP contribution in [0.2, 0.25) is 0 Å². The van der Waals surface area contributed by atoms with Gasteiger partial charge in [-0.1, -0.05) is 6.07 Å². The van der Waals surface area contributed by atoms with E-state index >= 15 is 0 Å². The zero-order valence-electron chi connectivity index (χ0n) is 15.4. The molecule has 3 rings (SSSR count). The Morgan fingerprint density at radius 1 is 1.07 bits per heavy atom. The van der Waals surface area contributed by atoms with Crippen LogP contribution in [0.15, 0.2) is 76.2 Å². The van der Waals surface area contributed by atoms with Crippen molar-refractivity contribution in [3.8, 4) is 5.75 Å². The number of hydrogen-bond donors (Lipinski definition) is 0. The highest BCUT2D eigenvalue weighted by atomic mass is 32.2. The molecule has 1 heterocycles. The predicted octanol–water partition coefficient (Wildman–Crippen LogP) is 3.47. The van der Waals surface area contributed by atoms with Crippen molar-refractivity contribution in [3.63, 3.8) is 0 Å². The fraction of sp³-hybridized carbons (Fsp3) is 0.150. The first-order chi connectivity index (χ1) is 13.4. The van der Waals surface area contributed by atoms with Gasteiger partial charge in [-0.15, -0.1) is 0 Å². The number of carbonyl (C=O) groups excluding carboxylic acids is 1. The van der Waals surface area contributed by atoms with Gasteiger partial charge in [-0.2, -0.15) is 0 Å². The first-order valence-corrected chi connectivity index (χ1v) is 9.78.